The number of aromatic nitrogens is 1. The fraction of sp³-hybridized carbons (Fsp3) is 0.417. The predicted octanol–water partition coefficient (Wildman–Crippen LogP) is -1.26. The maximum absolute atomic E-state index is 12.1. The van der Waals surface area contributed by atoms with Crippen LogP contribution in [0.2, 0.25) is 0 Å². The second-order valence-electron chi connectivity index (χ2n) is 3.87. The van der Waals surface area contributed by atoms with Gasteiger partial charge in [0, 0.05) is 6.20 Å². The van der Waals surface area contributed by atoms with E-state index in [1.807, 2.05) is 0 Å². The van der Waals surface area contributed by atoms with Gasteiger partial charge in [0.2, 0.25) is 5.43 Å². The van der Waals surface area contributed by atoms with Gasteiger partial charge >= 0.3 is 11.9 Å². The third kappa shape index (κ3) is 3.38. The molecule has 1 rings (SSSR count). The zero-order valence-corrected chi connectivity index (χ0v) is 11.7. The van der Waals surface area contributed by atoms with Gasteiger partial charge in [-0.3, -0.25) is 4.79 Å². The first-order valence-electron chi connectivity index (χ1n) is 5.71. The molecule has 9 nitrogen and oxygen atoms in total. The number of hydrogen-bond donors (Lipinski definition) is 2. The van der Waals surface area contributed by atoms with Gasteiger partial charge in [0.25, 0.3) is 0 Å². The van der Waals surface area contributed by atoms with E-state index in [9.17, 15) is 14.4 Å². The molecular formula is C12H15NO8. The number of methoxy groups -OCH3 is 3. The molecule has 21 heavy (non-hydrogen) atoms. The molecule has 0 fully saturated rings. The lowest BCUT2D eigenvalue weighted by Gasteiger charge is -2.17. The molecule has 1 heterocycles. The van der Waals surface area contributed by atoms with Crippen LogP contribution in [-0.2, 0) is 16.0 Å². The van der Waals surface area contributed by atoms with E-state index in [1.165, 1.54) is 0 Å². The largest absolute Gasteiger partial charge is 0.491 e. The molecule has 0 radical (unpaired) electrons. The Morgan fingerprint density at radius 3 is 2.19 bits per heavy atom. The predicted molar refractivity (Wildman–Crippen MR) is 68.2 cm³/mol. The van der Waals surface area contributed by atoms with Crippen LogP contribution in [0.1, 0.15) is 20.8 Å². The maximum Gasteiger partial charge on any atom is 0.358 e. The van der Waals surface area contributed by atoms with Crippen LogP contribution in [0.25, 0.3) is 0 Å². The number of aliphatic hydroxyl groups excluding tert-OH is 1. The molecule has 0 aromatic carbocycles. The SMILES string of the molecule is COC(=O)c1cn(CC(O)O)c(C(=O)OC)c(OC)c1=O. The number of nitrogens with zero attached hydrogens (tertiary/aromatic N) is 1. The van der Waals surface area contributed by atoms with E-state index in [0.29, 0.717) is 0 Å². The lowest BCUT2D eigenvalue weighted by molar-refractivity contribution is -0.0519. The number of pyridine rings is 1. The number of aliphatic hydroxyl groups is 2. The highest BCUT2D eigenvalue weighted by Gasteiger charge is 2.26. The first-order valence-corrected chi connectivity index (χ1v) is 5.71. The van der Waals surface area contributed by atoms with E-state index < -0.39 is 41.5 Å². The molecule has 0 saturated carbocycles. The highest BCUT2D eigenvalue weighted by atomic mass is 16.5. The Morgan fingerprint density at radius 1 is 1.19 bits per heavy atom. The molecule has 0 aliphatic heterocycles. The smallest absolute Gasteiger partial charge is 0.358 e. The number of carbonyl (C=O) groups is 2. The van der Waals surface area contributed by atoms with Crippen LogP contribution < -0.4 is 10.2 Å². The van der Waals surface area contributed by atoms with Gasteiger partial charge in [-0.1, -0.05) is 0 Å². The van der Waals surface area contributed by atoms with Crippen molar-refractivity contribution in [3.05, 3.63) is 27.7 Å². The van der Waals surface area contributed by atoms with E-state index >= 15 is 0 Å². The Labute approximate surface area is 119 Å². The van der Waals surface area contributed by atoms with Crippen LogP contribution in [-0.4, -0.2) is 54.3 Å². The quantitative estimate of drug-likeness (QED) is 0.510. The second kappa shape index (κ2) is 6.86. The topological polar surface area (TPSA) is 124 Å². The van der Waals surface area contributed by atoms with E-state index in [4.69, 9.17) is 14.9 Å². The maximum atomic E-state index is 12.1. The normalized spacial score (nSPS) is 10.4. The fourth-order valence-electron chi connectivity index (χ4n) is 1.71. The summed E-state index contributed by atoms with van der Waals surface area (Å²) in [6.07, 6.45) is -0.853. The summed E-state index contributed by atoms with van der Waals surface area (Å²) in [7, 11) is 3.29. The van der Waals surface area contributed by atoms with Crippen molar-refractivity contribution in [3.63, 3.8) is 0 Å². The number of rotatable bonds is 5. The number of hydrogen-bond acceptors (Lipinski definition) is 8. The zero-order chi connectivity index (χ0) is 16.2. The van der Waals surface area contributed by atoms with Crippen molar-refractivity contribution >= 4 is 11.9 Å². The van der Waals surface area contributed by atoms with Crippen molar-refractivity contribution in [2.45, 2.75) is 12.8 Å². The van der Waals surface area contributed by atoms with Gasteiger partial charge < -0.3 is 29.0 Å². The molecule has 0 aliphatic carbocycles. The average Bonchev–Trinajstić information content (AvgIpc) is 2.46. The van der Waals surface area contributed by atoms with Crippen molar-refractivity contribution in [1.29, 1.82) is 0 Å². The Balaban J connectivity index is 3.68. The minimum atomic E-state index is -1.83. The number of esters is 2. The molecule has 0 amide bonds. The van der Waals surface area contributed by atoms with Crippen LogP contribution in [0, 0.1) is 0 Å². The van der Waals surface area contributed by atoms with Gasteiger partial charge in [-0.05, 0) is 0 Å². The molecule has 9 heteroatoms. The Bertz CT molecular complexity index is 604. The van der Waals surface area contributed by atoms with Crippen molar-refractivity contribution in [2.75, 3.05) is 21.3 Å². The van der Waals surface area contributed by atoms with Gasteiger partial charge in [-0.2, -0.15) is 0 Å². The molecule has 0 bridgehead atoms. The lowest BCUT2D eigenvalue weighted by Crippen LogP contribution is -2.29. The van der Waals surface area contributed by atoms with Crippen LogP contribution in [0.3, 0.4) is 0 Å². The molecule has 1 aromatic heterocycles. The molecular weight excluding hydrogens is 286 g/mol. The summed E-state index contributed by atoms with van der Waals surface area (Å²) in [6.45, 7) is -0.481. The second-order valence-corrected chi connectivity index (χ2v) is 3.87. The molecule has 116 valence electrons. The third-order valence-electron chi connectivity index (χ3n) is 2.59. The molecule has 0 aliphatic rings. The zero-order valence-electron chi connectivity index (χ0n) is 11.7. The summed E-state index contributed by atoms with van der Waals surface area (Å²) in [5, 5.41) is 18.1. The van der Waals surface area contributed by atoms with Gasteiger partial charge in [-0.15, -0.1) is 0 Å². The van der Waals surface area contributed by atoms with Gasteiger partial charge in [0.05, 0.1) is 27.9 Å². The highest BCUT2D eigenvalue weighted by Crippen LogP contribution is 2.17. The summed E-state index contributed by atoms with van der Waals surface area (Å²) in [4.78, 5) is 35.4. The molecule has 0 atom stereocenters. The van der Waals surface area contributed by atoms with Crippen LogP contribution in [0.15, 0.2) is 11.0 Å². The lowest BCUT2D eigenvalue weighted by atomic mass is 10.2. The Morgan fingerprint density at radius 2 is 1.76 bits per heavy atom. The van der Waals surface area contributed by atoms with Crippen molar-refractivity contribution in [2.24, 2.45) is 0 Å². The number of carbonyl (C=O) groups excluding carboxylic acids is 2. The van der Waals surface area contributed by atoms with Crippen LogP contribution in [0.4, 0.5) is 0 Å². The third-order valence-corrected chi connectivity index (χ3v) is 2.59. The minimum Gasteiger partial charge on any atom is -0.491 e. The average molecular weight is 301 g/mol. The van der Waals surface area contributed by atoms with Crippen molar-refractivity contribution in [3.8, 4) is 5.75 Å². The van der Waals surface area contributed by atoms with Crippen LogP contribution >= 0.6 is 0 Å². The fourth-order valence-corrected chi connectivity index (χ4v) is 1.71. The van der Waals surface area contributed by atoms with E-state index in [-0.39, 0.29) is 5.69 Å². The van der Waals surface area contributed by atoms with E-state index in [0.717, 1.165) is 32.1 Å². The molecule has 0 spiro atoms. The molecule has 1 aromatic rings. The summed E-state index contributed by atoms with van der Waals surface area (Å²) >= 11 is 0. The van der Waals surface area contributed by atoms with E-state index in [2.05, 4.69) is 9.47 Å². The Hall–Kier alpha value is -2.39. The van der Waals surface area contributed by atoms with Gasteiger partial charge in [-0.25, -0.2) is 9.59 Å². The summed E-state index contributed by atoms with van der Waals surface area (Å²) in [5.41, 5.74) is -1.62. The minimum absolute atomic E-state index is 0.342. The summed E-state index contributed by atoms with van der Waals surface area (Å²) in [5.74, 6) is -2.33. The standard InChI is InChI=1S/C12H15NO8/c1-19-10-8(12(18)21-3)13(5-7(14)15)4-6(9(10)16)11(17)20-2/h4,7,14-15H,5H2,1-3H3. The van der Waals surface area contributed by atoms with Crippen molar-refractivity contribution in [1.82, 2.24) is 4.57 Å². The van der Waals surface area contributed by atoms with Crippen molar-refractivity contribution < 1.29 is 34.0 Å². The summed E-state index contributed by atoms with van der Waals surface area (Å²) < 4.78 is 14.8. The number of ether oxygens (including phenoxy) is 3. The highest BCUT2D eigenvalue weighted by molar-refractivity contribution is 5.94. The molecule has 2 N–H and O–H groups in total. The van der Waals surface area contributed by atoms with Gasteiger partial charge in [0.1, 0.15) is 5.56 Å². The van der Waals surface area contributed by atoms with E-state index in [1.54, 1.807) is 0 Å². The summed E-state index contributed by atoms with van der Waals surface area (Å²) in [6, 6.07) is 0. The van der Waals surface area contributed by atoms with Gasteiger partial charge in [0.15, 0.2) is 17.7 Å². The first kappa shape index (κ1) is 16.7. The molecule has 0 saturated heterocycles. The van der Waals surface area contributed by atoms with Crippen LogP contribution in [0.5, 0.6) is 5.75 Å². The molecule has 0 unspecified atom stereocenters. The first-order chi connectivity index (χ1) is 9.87. The Kier molecular flexibility index (Phi) is 5.44. The monoisotopic (exact) mass is 301 g/mol.